The summed E-state index contributed by atoms with van der Waals surface area (Å²) in [4.78, 5) is 60.1. The minimum Gasteiger partial charge on any atom is -0.455 e. The average Bonchev–Trinajstić information content (AvgIpc) is 3.78. The first-order chi connectivity index (χ1) is 28.1. The van der Waals surface area contributed by atoms with Crippen LogP contribution >= 0.6 is 0 Å². The van der Waals surface area contributed by atoms with Crippen molar-refractivity contribution in [2.75, 3.05) is 33.5 Å². The standard InChI is InChI=1S/C43H65FN6O10/c1-12-32-43(8)35(50(40(55)60-43)19-14-13-18-49-23-30(46-47-49)28-16-15-17-29(45)21-28)26(4)33(51)24(2)22-41(6,56-11)37(27(5)36(53)42(7,44)39(54)58-32)59-38-34(52)31(48(9)10)20-25(3)57-38/h15-17,21,23-27,31-32,34-35,37-38,52H,12-14,18-20,22,45H2,1-11H3/t24-,25+,26-,27-,31-,32-,34-,35-,37-,38-,41+,42+,43+/m0/s1. The number of ketones is 2. The predicted molar refractivity (Wildman–Crippen MR) is 219 cm³/mol. The minimum absolute atomic E-state index is 0.0111. The number of benzene rings is 1. The Morgan fingerprint density at radius 2 is 1.73 bits per heavy atom. The van der Waals surface area contributed by atoms with Gasteiger partial charge in [0.05, 0.1) is 30.0 Å². The van der Waals surface area contributed by atoms with Crippen LogP contribution in [0.5, 0.6) is 0 Å². The molecular formula is C43H65FN6O10. The number of aromatic nitrogens is 3. The SMILES string of the molecule is CC[C@@H]1OC(=O)[C@](C)(F)C(=O)[C@H](C)[C@H](O[C@@H]2O[C@H](C)C[C@H](N(C)C)[C@@H]2O)[C@](C)(OC)C[C@H](C)C(=O)[C@H](C)[C@@H]2N(CCCCn3cc(-c4cccc(N)c4)nn3)C(=O)O[C@]12C. The number of anilines is 1. The summed E-state index contributed by atoms with van der Waals surface area (Å²) in [6, 6.07) is 6.02. The number of hydrogen-bond acceptors (Lipinski definition) is 14. The van der Waals surface area contributed by atoms with Gasteiger partial charge in [0.25, 0.3) is 5.67 Å². The van der Waals surface area contributed by atoms with Crippen LogP contribution in [0.15, 0.2) is 30.5 Å². The van der Waals surface area contributed by atoms with E-state index in [1.54, 1.807) is 45.4 Å². The lowest BCUT2D eigenvalue weighted by Crippen LogP contribution is -2.61. The Hall–Kier alpha value is -4.03. The zero-order valence-corrected chi connectivity index (χ0v) is 36.9. The molecule has 1 aromatic heterocycles. The first-order valence-corrected chi connectivity index (χ1v) is 21.0. The molecule has 0 bridgehead atoms. The number of aliphatic hydroxyl groups is 1. The van der Waals surface area contributed by atoms with Crippen LogP contribution < -0.4 is 5.73 Å². The fraction of sp³-hybridized carbons (Fsp3) is 0.721. The fourth-order valence-electron chi connectivity index (χ4n) is 9.51. The van der Waals surface area contributed by atoms with Gasteiger partial charge in [-0.25, -0.2) is 14.0 Å². The van der Waals surface area contributed by atoms with E-state index < -0.39 is 83.1 Å². The van der Waals surface area contributed by atoms with Gasteiger partial charge in [-0.15, -0.1) is 5.10 Å². The number of aryl methyl sites for hydroxylation is 1. The van der Waals surface area contributed by atoms with Crippen molar-refractivity contribution in [3.63, 3.8) is 0 Å². The molecule has 1 amide bonds. The van der Waals surface area contributed by atoms with E-state index in [2.05, 4.69) is 10.3 Å². The molecular weight excluding hydrogens is 780 g/mol. The largest absolute Gasteiger partial charge is 0.455 e. The maximum absolute atomic E-state index is 16.9. The van der Waals surface area contributed by atoms with Crippen molar-refractivity contribution in [2.45, 2.75) is 154 Å². The summed E-state index contributed by atoms with van der Waals surface area (Å²) in [6.07, 6.45) is -2.57. The summed E-state index contributed by atoms with van der Waals surface area (Å²) >= 11 is 0. The number of nitrogens with zero attached hydrogens (tertiary/aromatic N) is 5. The van der Waals surface area contributed by atoms with E-state index in [9.17, 15) is 24.3 Å². The van der Waals surface area contributed by atoms with E-state index in [1.807, 2.05) is 50.3 Å². The molecule has 334 valence electrons. The van der Waals surface area contributed by atoms with Gasteiger partial charge in [0.1, 0.15) is 23.7 Å². The van der Waals surface area contributed by atoms with Crippen molar-refractivity contribution < 1.29 is 52.4 Å². The lowest BCUT2D eigenvalue weighted by atomic mass is 9.73. The van der Waals surface area contributed by atoms with E-state index in [0.29, 0.717) is 37.2 Å². The number of nitrogens with two attached hydrogens (primary N) is 1. The lowest BCUT2D eigenvalue weighted by Gasteiger charge is -2.47. The number of amides is 1. The number of rotatable bonds is 11. The van der Waals surface area contributed by atoms with Crippen molar-refractivity contribution in [1.29, 1.82) is 0 Å². The zero-order chi connectivity index (χ0) is 44.5. The van der Waals surface area contributed by atoms with Gasteiger partial charge in [-0.2, -0.15) is 0 Å². The number of ether oxygens (including phenoxy) is 5. The highest BCUT2D eigenvalue weighted by molar-refractivity contribution is 6.08. The molecule has 3 saturated heterocycles. The van der Waals surface area contributed by atoms with Crippen molar-refractivity contribution in [3.8, 4) is 11.3 Å². The molecule has 0 aliphatic carbocycles. The molecule has 1 aromatic carbocycles. The number of esters is 1. The number of carbonyl (C=O) groups is 4. The Balaban J connectivity index is 1.45. The zero-order valence-electron chi connectivity index (χ0n) is 36.9. The molecule has 3 fully saturated rings. The summed E-state index contributed by atoms with van der Waals surface area (Å²) in [5, 5.41) is 19.9. The van der Waals surface area contributed by atoms with E-state index in [1.165, 1.54) is 18.9 Å². The molecule has 13 atom stereocenters. The van der Waals surface area contributed by atoms with Crippen LogP contribution in [0.1, 0.15) is 87.5 Å². The number of aliphatic hydroxyl groups excluding tert-OH is 1. The normalized spacial score (nSPS) is 37.1. The number of alkyl halides is 1. The van der Waals surface area contributed by atoms with Gasteiger partial charge in [-0.1, -0.05) is 45.0 Å². The number of hydrogen-bond donors (Lipinski definition) is 2. The first-order valence-electron chi connectivity index (χ1n) is 21.0. The molecule has 3 aliphatic heterocycles. The first kappa shape index (κ1) is 47.0. The third-order valence-corrected chi connectivity index (χ3v) is 12.9. The van der Waals surface area contributed by atoms with Crippen LogP contribution in [0.25, 0.3) is 11.3 Å². The number of halogens is 1. The number of Topliss-reactive ketones (excluding diaryl/α,β-unsaturated/α-hetero) is 2. The Bertz CT molecular complexity index is 1860. The third-order valence-electron chi connectivity index (χ3n) is 12.9. The molecule has 0 spiro atoms. The topological polar surface area (TPSA) is 198 Å². The van der Waals surface area contributed by atoms with Crippen LogP contribution in [0.3, 0.4) is 0 Å². The van der Waals surface area contributed by atoms with Crippen LogP contribution in [-0.2, 0) is 44.6 Å². The highest BCUT2D eigenvalue weighted by atomic mass is 19.1. The van der Waals surface area contributed by atoms with Gasteiger partial charge in [-0.3, -0.25) is 14.3 Å². The number of fused-ring (bicyclic) bond motifs is 1. The highest BCUT2D eigenvalue weighted by Crippen LogP contribution is 2.44. The molecule has 3 N–H and O–H groups in total. The van der Waals surface area contributed by atoms with E-state index >= 15 is 4.39 Å². The van der Waals surface area contributed by atoms with Crippen molar-refractivity contribution in [3.05, 3.63) is 30.5 Å². The van der Waals surface area contributed by atoms with E-state index in [-0.39, 0.29) is 37.3 Å². The van der Waals surface area contributed by atoms with Gasteiger partial charge in [0, 0.05) is 55.2 Å². The van der Waals surface area contributed by atoms with E-state index in [4.69, 9.17) is 29.4 Å². The molecule has 0 unspecified atom stereocenters. The molecule has 16 nitrogen and oxygen atoms in total. The Kier molecular flexibility index (Phi) is 14.5. The molecule has 0 radical (unpaired) electrons. The number of likely N-dealkylation sites (N-methyl/N-ethyl adjacent to an activating group) is 1. The molecule has 2 aromatic rings. The fourth-order valence-corrected chi connectivity index (χ4v) is 9.51. The predicted octanol–water partition coefficient (Wildman–Crippen LogP) is 4.60. The van der Waals surface area contributed by atoms with Gasteiger partial charge >= 0.3 is 12.1 Å². The van der Waals surface area contributed by atoms with Crippen LogP contribution in [-0.4, -0.2) is 141 Å². The van der Waals surface area contributed by atoms with Crippen molar-refractivity contribution >= 4 is 29.3 Å². The maximum Gasteiger partial charge on any atom is 0.410 e. The number of cyclic esters (lactones) is 1. The molecule has 60 heavy (non-hydrogen) atoms. The molecule has 0 saturated carbocycles. The molecule has 3 aliphatic rings. The lowest BCUT2D eigenvalue weighted by molar-refractivity contribution is -0.295. The summed E-state index contributed by atoms with van der Waals surface area (Å²) in [7, 11) is 5.04. The molecule has 17 heteroatoms. The smallest absolute Gasteiger partial charge is 0.410 e. The number of carbonyl (C=O) groups excluding carboxylic acids is 4. The third kappa shape index (κ3) is 9.39. The quantitative estimate of drug-likeness (QED) is 0.138. The summed E-state index contributed by atoms with van der Waals surface area (Å²) in [5.74, 6) is -5.85. The minimum atomic E-state index is -3.19. The van der Waals surface area contributed by atoms with Crippen molar-refractivity contribution in [2.24, 2.45) is 17.8 Å². The van der Waals surface area contributed by atoms with Gasteiger partial charge in [0.2, 0.25) is 0 Å². The number of nitrogen functional groups attached to an aromatic ring is 1. The van der Waals surface area contributed by atoms with Crippen molar-refractivity contribution in [1.82, 2.24) is 24.8 Å². The van der Waals surface area contributed by atoms with E-state index in [0.717, 1.165) is 12.5 Å². The summed E-state index contributed by atoms with van der Waals surface area (Å²) in [6.45, 7) is 13.1. The Morgan fingerprint density at radius 3 is 2.37 bits per heavy atom. The number of methoxy groups -OCH3 is 1. The monoisotopic (exact) mass is 844 g/mol. The Morgan fingerprint density at radius 1 is 1.05 bits per heavy atom. The average molecular weight is 845 g/mol. The highest BCUT2D eigenvalue weighted by Gasteiger charge is 2.61. The number of unbranched alkanes of at least 4 members (excludes halogenated alkanes) is 1. The maximum atomic E-state index is 16.9. The van der Waals surface area contributed by atoms with Crippen LogP contribution in [0, 0.1) is 17.8 Å². The Labute approximate surface area is 352 Å². The van der Waals surface area contributed by atoms with Crippen LogP contribution in [0.4, 0.5) is 14.9 Å². The van der Waals surface area contributed by atoms with Gasteiger partial charge in [-0.05, 0) is 86.0 Å². The summed E-state index contributed by atoms with van der Waals surface area (Å²) < 4.78 is 49.2. The van der Waals surface area contributed by atoms with Crippen LogP contribution in [0.2, 0.25) is 0 Å². The molecule has 5 rings (SSSR count). The molecule has 4 heterocycles. The van der Waals surface area contributed by atoms with Gasteiger partial charge in [0.15, 0.2) is 17.7 Å². The second-order valence-electron chi connectivity index (χ2n) is 17.8. The second kappa shape index (κ2) is 18.5. The summed E-state index contributed by atoms with van der Waals surface area (Å²) in [5.41, 5.74) is 1.80. The second-order valence-corrected chi connectivity index (χ2v) is 17.8. The van der Waals surface area contributed by atoms with Gasteiger partial charge < -0.3 is 44.3 Å².